The number of carbonyl (C=O) groups excluding carboxylic acids is 1. The third-order valence-corrected chi connectivity index (χ3v) is 2.89. The summed E-state index contributed by atoms with van der Waals surface area (Å²) in [5.74, 6) is -1.09. The lowest BCUT2D eigenvalue weighted by Gasteiger charge is -2.24. The van der Waals surface area contributed by atoms with Gasteiger partial charge in [-0.05, 0) is 12.5 Å². The van der Waals surface area contributed by atoms with Gasteiger partial charge >= 0.3 is 12.1 Å². The van der Waals surface area contributed by atoms with E-state index >= 15 is 0 Å². The van der Waals surface area contributed by atoms with Crippen molar-refractivity contribution in [2.45, 2.75) is 32.0 Å². The molecule has 0 amide bonds. The van der Waals surface area contributed by atoms with Crippen molar-refractivity contribution in [2.24, 2.45) is 0 Å². The third-order valence-electron chi connectivity index (χ3n) is 2.89. The van der Waals surface area contributed by atoms with E-state index in [1.54, 1.807) is 44.2 Å². The molecule has 0 saturated carbocycles. The molecule has 0 aromatic heterocycles. The standard InChI is InChI=1S/C14H18F3NO2/c1-3-20-13(19)12(18-9-14(15,16)17)10(2)11-7-5-4-6-8-11/h4-8,10,12,18H,3,9H2,1-2H3. The molecule has 0 spiro atoms. The third kappa shape index (κ3) is 5.21. The summed E-state index contributed by atoms with van der Waals surface area (Å²) in [6.07, 6.45) is -4.37. The predicted molar refractivity (Wildman–Crippen MR) is 69.3 cm³/mol. The van der Waals surface area contributed by atoms with Crippen LogP contribution in [-0.2, 0) is 9.53 Å². The molecule has 0 fully saturated rings. The monoisotopic (exact) mass is 289 g/mol. The van der Waals surface area contributed by atoms with Crippen LogP contribution < -0.4 is 5.32 Å². The van der Waals surface area contributed by atoms with Crippen LogP contribution in [0.15, 0.2) is 30.3 Å². The number of rotatable bonds is 6. The van der Waals surface area contributed by atoms with Crippen molar-refractivity contribution in [1.29, 1.82) is 0 Å². The summed E-state index contributed by atoms with van der Waals surface area (Å²) in [4.78, 5) is 11.8. The van der Waals surface area contributed by atoms with Crippen molar-refractivity contribution in [3.05, 3.63) is 35.9 Å². The molecule has 1 rings (SSSR count). The molecule has 2 atom stereocenters. The molecule has 3 nitrogen and oxygen atoms in total. The molecular formula is C14H18F3NO2. The van der Waals surface area contributed by atoms with E-state index in [0.29, 0.717) is 0 Å². The quantitative estimate of drug-likeness (QED) is 0.818. The molecule has 0 aliphatic carbocycles. The van der Waals surface area contributed by atoms with Crippen LogP contribution >= 0.6 is 0 Å². The van der Waals surface area contributed by atoms with Gasteiger partial charge in [-0.25, -0.2) is 0 Å². The number of hydrogen-bond acceptors (Lipinski definition) is 3. The largest absolute Gasteiger partial charge is 0.465 e. The molecule has 0 bridgehead atoms. The second-order valence-electron chi connectivity index (χ2n) is 4.43. The Morgan fingerprint density at radius 3 is 2.40 bits per heavy atom. The molecule has 1 aromatic rings. The molecule has 20 heavy (non-hydrogen) atoms. The van der Waals surface area contributed by atoms with Gasteiger partial charge in [0.2, 0.25) is 0 Å². The Morgan fingerprint density at radius 1 is 1.30 bits per heavy atom. The molecule has 1 N–H and O–H groups in total. The highest BCUT2D eigenvalue weighted by Gasteiger charge is 2.33. The van der Waals surface area contributed by atoms with Crippen LogP contribution in [0.3, 0.4) is 0 Å². The van der Waals surface area contributed by atoms with Crippen molar-refractivity contribution in [2.75, 3.05) is 13.2 Å². The summed E-state index contributed by atoms with van der Waals surface area (Å²) in [5, 5.41) is 2.24. The average molecular weight is 289 g/mol. The predicted octanol–water partition coefficient (Wildman–Crippen LogP) is 2.87. The average Bonchev–Trinajstić information content (AvgIpc) is 2.38. The van der Waals surface area contributed by atoms with Gasteiger partial charge in [-0.1, -0.05) is 37.3 Å². The number of alkyl halides is 3. The number of halogens is 3. The lowest BCUT2D eigenvalue weighted by Crippen LogP contribution is -2.45. The van der Waals surface area contributed by atoms with E-state index in [1.165, 1.54) is 0 Å². The summed E-state index contributed by atoms with van der Waals surface area (Å²) in [7, 11) is 0. The molecule has 0 aliphatic heterocycles. The fourth-order valence-corrected chi connectivity index (χ4v) is 1.87. The molecule has 0 radical (unpaired) electrons. The Hall–Kier alpha value is -1.56. The molecule has 112 valence electrons. The smallest absolute Gasteiger partial charge is 0.401 e. The van der Waals surface area contributed by atoms with Gasteiger partial charge in [0.1, 0.15) is 6.04 Å². The minimum Gasteiger partial charge on any atom is -0.465 e. The van der Waals surface area contributed by atoms with Crippen molar-refractivity contribution < 1.29 is 22.7 Å². The lowest BCUT2D eigenvalue weighted by atomic mass is 9.93. The number of ether oxygens (including phenoxy) is 1. The van der Waals surface area contributed by atoms with Crippen LogP contribution in [0.4, 0.5) is 13.2 Å². The first-order chi connectivity index (χ1) is 9.35. The number of hydrogen-bond donors (Lipinski definition) is 1. The first-order valence-corrected chi connectivity index (χ1v) is 6.37. The van der Waals surface area contributed by atoms with Gasteiger partial charge in [-0.2, -0.15) is 13.2 Å². The first-order valence-electron chi connectivity index (χ1n) is 6.37. The summed E-state index contributed by atoms with van der Waals surface area (Å²) >= 11 is 0. The molecule has 0 saturated heterocycles. The van der Waals surface area contributed by atoms with Gasteiger partial charge in [0, 0.05) is 5.92 Å². The van der Waals surface area contributed by atoms with E-state index in [-0.39, 0.29) is 6.61 Å². The molecule has 6 heteroatoms. The number of carbonyl (C=O) groups is 1. The molecule has 2 unspecified atom stereocenters. The van der Waals surface area contributed by atoms with E-state index in [1.807, 2.05) is 0 Å². The molecule has 1 aromatic carbocycles. The van der Waals surface area contributed by atoms with Crippen LogP contribution in [0.1, 0.15) is 25.3 Å². The minimum atomic E-state index is -4.37. The zero-order chi connectivity index (χ0) is 15.2. The molecule has 0 aliphatic rings. The summed E-state index contributed by atoms with van der Waals surface area (Å²) in [6.45, 7) is 2.21. The van der Waals surface area contributed by atoms with Crippen LogP contribution in [0.25, 0.3) is 0 Å². The van der Waals surface area contributed by atoms with Gasteiger partial charge in [-0.3, -0.25) is 10.1 Å². The molecular weight excluding hydrogens is 271 g/mol. The minimum absolute atomic E-state index is 0.130. The van der Waals surface area contributed by atoms with E-state index in [9.17, 15) is 18.0 Å². The zero-order valence-corrected chi connectivity index (χ0v) is 11.4. The van der Waals surface area contributed by atoms with Crippen LogP contribution in [0.2, 0.25) is 0 Å². The zero-order valence-electron chi connectivity index (χ0n) is 11.4. The van der Waals surface area contributed by atoms with E-state index in [0.717, 1.165) is 5.56 Å². The van der Waals surface area contributed by atoms with Gasteiger partial charge in [-0.15, -0.1) is 0 Å². The Bertz CT molecular complexity index is 420. The van der Waals surface area contributed by atoms with Crippen LogP contribution in [-0.4, -0.2) is 31.3 Å². The normalized spacial score (nSPS) is 14.7. The highest BCUT2D eigenvalue weighted by molar-refractivity contribution is 5.77. The fraction of sp³-hybridized carbons (Fsp3) is 0.500. The van der Waals surface area contributed by atoms with E-state index in [2.05, 4.69) is 5.32 Å². The van der Waals surface area contributed by atoms with Gasteiger partial charge in [0.05, 0.1) is 13.2 Å². The maximum Gasteiger partial charge on any atom is 0.401 e. The summed E-state index contributed by atoms with van der Waals surface area (Å²) in [6, 6.07) is 7.87. The lowest BCUT2D eigenvalue weighted by molar-refractivity contribution is -0.149. The van der Waals surface area contributed by atoms with Gasteiger partial charge in [0.15, 0.2) is 0 Å². The highest BCUT2D eigenvalue weighted by atomic mass is 19.4. The fourth-order valence-electron chi connectivity index (χ4n) is 1.87. The first kappa shape index (κ1) is 16.5. The topological polar surface area (TPSA) is 38.3 Å². The molecule has 0 heterocycles. The van der Waals surface area contributed by atoms with Crippen molar-refractivity contribution in [3.63, 3.8) is 0 Å². The summed E-state index contributed by atoms with van der Waals surface area (Å²) < 4.78 is 41.8. The second kappa shape index (κ2) is 7.28. The van der Waals surface area contributed by atoms with Crippen molar-refractivity contribution >= 4 is 5.97 Å². The van der Waals surface area contributed by atoms with E-state index < -0.39 is 30.7 Å². The maximum atomic E-state index is 12.3. The van der Waals surface area contributed by atoms with Crippen molar-refractivity contribution in [3.8, 4) is 0 Å². The van der Waals surface area contributed by atoms with Crippen LogP contribution in [0, 0.1) is 0 Å². The maximum absolute atomic E-state index is 12.3. The van der Waals surface area contributed by atoms with Gasteiger partial charge in [0.25, 0.3) is 0 Å². The Balaban J connectivity index is 2.84. The number of nitrogens with one attached hydrogen (secondary N) is 1. The Morgan fingerprint density at radius 2 is 1.90 bits per heavy atom. The SMILES string of the molecule is CCOC(=O)C(NCC(F)(F)F)C(C)c1ccccc1. The van der Waals surface area contributed by atoms with E-state index in [4.69, 9.17) is 4.74 Å². The van der Waals surface area contributed by atoms with Crippen molar-refractivity contribution in [1.82, 2.24) is 5.32 Å². The Kier molecular flexibility index (Phi) is 6.01. The summed E-state index contributed by atoms with van der Waals surface area (Å²) in [5.41, 5.74) is 0.778. The number of esters is 1. The van der Waals surface area contributed by atoms with Crippen LogP contribution in [0.5, 0.6) is 0 Å². The Labute approximate surface area is 116 Å². The van der Waals surface area contributed by atoms with Gasteiger partial charge < -0.3 is 4.74 Å². The number of benzene rings is 1. The second-order valence-corrected chi connectivity index (χ2v) is 4.43. The highest BCUT2D eigenvalue weighted by Crippen LogP contribution is 2.21.